The van der Waals surface area contributed by atoms with Crippen LogP contribution >= 0.6 is 23.2 Å². The number of hydrogen-bond donors (Lipinski definition) is 1. The van der Waals surface area contributed by atoms with Gasteiger partial charge in [0.05, 0.1) is 10.9 Å². The molecule has 1 atom stereocenters. The number of carbonyl (C=O) groups is 1. The minimum atomic E-state index is -3.82. The molecule has 1 amide bonds. The Morgan fingerprint density at radius 2 is 2.00 bits per heavy atom. The molecule has 5 nitrogen and oxygen atoms in total. The molecule has 1 fully saturated rings. The fourth-order valence-electron chi connectivity index (χ4n) is 3.34. The second kappa shape index (κ2) is 8.82. The summed E-state index contributed by atoms with van der Waals surface area (Å²) in [4.78, 5) is 12.6. The molecule has 1 heterocycles. The number of aryl methyl sites for hydroxylation is 1. The average molecular weight is 441 g/mol. The lowest BCUT2D eigenvalue weighted by molar-refractivity contribution is -0.126. The Balaban J connectivity index is 1.69. The van der Waals surface area contributed by atoms with Gasteiger partial charge >= 0.3 is 0 Å². The molecule has 0 saturated carbocycles. The predicted molar refractivity (Wildman–Crippen MR) is 111 cm³/mol. The maximum atomic E-state index is 13.0. The van der Waals surface area contributed by atoms with E-state index in [-0.39, 0.29) is 22.4 Å². The topological polar surface area (TPSA) is 66.5 Å². The molecule has 1 aliphatic rings. The fraction of sp³-hybridized carbons (Fsp3) is 0.350. The Labute approximate surface area is 175 Å². The van der Waals surface area contributed by atoms with Crippen LogP contribution in [0.5, 0.6) is 0 Å². The van der Waals surface area contributed by atoms with Crippen LogP contribution in [0.15, 0.2) is 47.4 Å². The van der Waals surface area contributed by atoms with Crippen LogP contribution in [-0.4, -0.2) is 31.7 Å². The van der Waals surface area contributed by atoms with Crippen molar-refractivity contribution in [2.45, 2.75) is 31.2 Å². The van der Waals surface area contributed by atoms with E-state index in [4.69, 9.17) is 23.2 Å². The zero-order valence-corrected chi connectivity index (χ0v) is 17.8. The number of nitrogens with one attached hydrogen (secondary N) is 1. The Hall–Kier alpha value is -1.60. The van der Waals surface area contributed by atoms with E-state index in [1.165, 1.54) is 16.4 Å². The summed E-state index contributed by atoms with van der Waals surface area (Å²) in [5.41, 5.74) is 2.14. The molecule has 150 valence electrons. The number of piperidine rings is 1. The fourth-order valence-corrected chi connectivity index (χ4v) is 5.61. The van der Waals surface area contributed by atoms with E-state index in [0.29, 0.717) is 31.0 Å². The van der Waals surface area contributed by atoms with Gasteiger partial charge in [-0.3, -0.25) is 4.79 Å². The lowest BCUT2D eigenvalue weighted by atomic mass is 9.98. The minimum absolute atomic E-state index is 0.0255. The molecule has 0 radical (unpaired) electrons. The summed E-state index contributed by atoms with van der Waals surface area (Å²) < 4.78 is 27.3. The van der Waals surface area contributed by atoms with Crippen LogP contribution in [0.2, 0.25) is 10.0 Å². The molecule has 1 aliphatic heterocycles. The van der Waals surface area contributed by atoms with Crippen molar-refractivity contribution < 1.29 is 13.2 Å². The second-order valence-electron chi connectivity index (χ2n) is 6.98. The Morgan fingerprint density at radius 3 is 2.75 bits per heavy atom. The first-order valence-electron chi connectivity index (χ1n) is 9.06. The standard InChI is InChI=1S/C20H22Cl2N2O3S/c1-14-4-2-5-15(10-14)12-23-20(25)16-6-3-9-24(13-16)28(26,27)19-11-17(21)7-8-18(19)22/h2,4-5,7-8,10-11,16H,3,6,9,12-13H2,1H3,(H,23,25). The van der Waals surface area contributed by atoms with E-state index in [2.05, 4.69) is 5.32 Å². The molecule has 1 N–H and O–H groups in total. The number of carbonyl (C=O) groups excluding carboxylic acids is 1. The maximum Gasteiger partial charge on any atom is 0.244 e. The van der Waals surface area contributed by atoms with Crippen molar-refractivity contribution in [3.05, 3.63) is 63.6 Å². The molecule has 0 bridgehead atoms. The summed E-state index contributed by atoms with van der Waals surface area (Å²) in [6, 6.07) is 12.3. The lowest BCUT2D eigenvalue weighted by Gasteiger charge is -2.31. The van der Waals surface area contributed by atoms with Gasteiger partial charge in [-0.1, -0.05) is 53.0 Å². The first-order valence-corrected chi connectivity index (χ1v) is 11.3. The van der Waals surface area contributed by atoms with Gasteiger partial charge in [0.1, 0.15) is 4.90 Å². The normalized spacial score (nSPS) is 18.0. The number of halogens is 2. The van der Waals surface area contributed by atoms with Crippen LogP contribution < -0.4 is 5.32 Å². The lowest BCUT2D eigenvalue weighted by Crippen LogP contribution is -2.45. The smallest absolute Gasteiger partial charge is 0.244 e. The van der Waals surface area contributed by atoms with Crippen molar-refractivity contribution in [3.63, 3.8) is 0 Å². The third-order valence-corrected chi connectivity index (χ3v) is 7.40. The minimum Gasteiger partial charge on any atom is -0.352 e. The van der Waals surface area contributed by atoms with Crippen LogP contribution in [0.1, 0.15) is 24.0 Å². The second-order valence-corrected chi connectivity index (χ2v) is 9.73. The van der Waals surface area contributed by atoms with Crippen LogP contribution in [0.3, 0.4) is 0 Å². The highest BCUT2D eigenvalue weighted by molar-refractivity contribution is 7.89. The van der Waals surface area contributed by atoms with Gasteiger partial charge in [0, 0.05) is 24.7 Å². The predicted octanol–water partition coefficient (Wildman–Crippen LogP) is 4.02. The van der Waals surface area contributed by atoms with Crippen molar-refractivity contribution >= 4 is 39.1 Å². The van der Waals surface area contributed by atoms with Crippen LogP contribution in [0, 0.1) is 12.8 Å². The average Bonchev–Trinajstić information content (AvgIpc) is 2.68. The highest BCUT2D eigenvalue weighted by Gasteiger charge is 2.34. The van der Waals surface area contributed by atoms with Gasteiger partial charge in [-0.05, 0) is 43.5 Å². The van der Waals surface area contributed by atoms with Gasteiger partial charge in [0.25, 0.3) is 0 Å². The molecule has 28 heavy (non-hydrogen) atoms. The van der Waals surface area contributed by atoms with Crippen molar-refractivity contribution in [1.29, 1.82) is 0 Å². The Bertz CT molecular complexity index is 979. The van der Waals surface area contributed by atoms with Gasteiger partial charge in [0.2, 0.25) is 15.9 Å². The van der Waals surface area contributed by atoms with E-state index >= 15 is 0 Å². The molecule has 0 aliphatic carbocycles. The molecule has 0 aromatic heterocycles. The summed E-state index contributed by atoms with van der Waals surface area (Å²) in [7, 11) is -3.82. The first-order chi connectivity index (χ1) is 13.3. The van der Waals surface area contributed by atoms with Gasteiger partial charge < -0.3 is 5.32 Å². The number of rotatable bonds is 5. The Kier molecular flexibility index (Phi) is 6.65. The molecule has 1 saturated heterocycles. The highest BCUT2D eigenvalue weighted by Crippen LogP contribution is 2.30. The third kappa shape index (κ3) is 4.87. The van der Waals surface area contributed by atoms with E-state index in [9.17, 15) is 13.2 Å². The molecule has 2 aromatic rings. The monoisotopic (exact) mass is 440 g/mol. The van der Waals surface area contributed by atoms with Gasteiger partial charge in [0.15, 0.2) is 0 Å². The summed E-state index contributed by atoms with van der Waals surface area (Å²) in [5.74, 6) is -0.537. The van der Waals surface area contributed by atoms with Gasteiger partial charge in [-0.25, -0.2) is 8.42 Å². The van der Waals surface area contributed by atoms with Gasteiger partial charge in [-0.2, -0.15) is 4.31 Å². The number of amides is 1. The highest BCUT2D eigenvalue weighted by atomic mass is 35.5. The van der Waals surface area contributed by atoms with Crippen molar-refractivity contribution in [2.24, 2.45) is 5.92 Å². The first kappa shape index (κ1) is 21.1. The molecule has 1 unspecified atom stereocenters. The number of hydrogen-bond acceptors (Lipinski definition) is 3. The van der Waals surface area contributed by atoms with Crippen LogP contribution in [-0.2, 0) is 21.4 Å². The quantitative estimate of drug-likeness (QED) is 0.762. The van der Waals surface area contributed by atoms with Crippen LogP contribution in [0.25, 0.3) is 0 Å². The number of sulfonamides is 1. The Morgan fingerprint density at radius 1 is 1.21 bits per heavy atom. The van der Waals surface area contributed by atoms with Gasteiger partial charge in [-0.15, -0.1) is 0 Å². The zero-order valence-electron chi connectivity index (χ0n) is 15.5. The summed E-state index contributed by atoms with van der Waals surface area (Å²) in [6.45, 7) is 2.90. The largest absolute Gasteiger partial charge is 0.352 e. The SMILES string of the molecule is Cc1cccc(CNC(=O)C2CCCN(S(=O)(=O)c3cc(Cl)ccc3Cl)C2)c1. The zero-order chi connectivity index (χ0) is 20.3. The van der Waals surface area contributed by atoms with Crippen molar-refractivity contribution in [1.82, 2.24) is 9.62 Å². The molecular formula is C20H22Cl2N2O3S. The van der Waals surface area contributed by atoms with E-state index in [1.807, 2.05) is 31.2 Å². The summed E-state index contributed by atoms with van der Waals surface area (Å²) >= 11 is 12.0. The summed E-state index contributed by atoms with van der Waals surface area (Å²) in [5, 5.41) is 3.34. The molecular weight excluding hydrogens is 419 g/mol. The van der Waals surface area contributed by atoms with E-state index in [1.54, 1.807) is 6.07 Å². The maximum absolute atomic E-state index is 13.0. The number of benzene rings is 2. The third-order valence-electron chi connectivity index (χ3n) is 4.82. The van der Waals surface area contributed by atoms with Crippen LogP contribution in [0.4, 0.5) is 0 Å². The number of nitrogens with zero attached hydrogens (tertiary/aromatic N) is 1. The van der Waals surface area contributed by atoms with Crippen molar-refractivity contribution in [3.8, 4) is 0 Å². The molecule has 3 rings (SSSR count). The molecule has 8 heteroatoms. The summed E-state index contributed by atoms with van der Waals surface area (Å²) in [6.07, 6.45) is 1.26. The molecule has 0 spiro atoms. The molecule has 2 aromatic carbocycles. The van der Waals surface area contributed by atoms with E-state index in [0.717, 1.165) is 11.1 Å². The van der Waals surface area contributed by atoms with Crippen molar-refractivity contribution in [2.75, 3.05) is 13.1 Å². The van der Waals surface area contributed by atoms with E-state index < -0.39 is 15.9 Å².